The highest BCUT2D eigenvalue weighted by molar-refractivity contribution is 7.99. The van der Waals surface area contributed by atoms with Gasteiger partial charge in [0.15, 0.2) is 5.16 Å². The van der Waals surface area contributed by atoms with E-state index >= 15 is 0 Å². The molecular formula is C19H20N2OS. The molecule has 1 aromatic carbocycles. The van der Waals surface area contributed by atoms with Crippen molar-refractivity contribution < 1.29 is 0 Å². The lowest BCUT2D eigenvalue weighted by Gasteiger charge is -2.41. The van der Waals surface area contributed by atoms with Crippen LogP contribution in [-0.2, 0) is 18.4 Å². The Morgan fingerprint density at radius 1 is 1.13 bits per heavy atom. The van der Waals surface area contributed by atoms with Crippen molar-refractivity contribution in [3.8, 4) is 11.3 Å². The third-order valence-electron chi connectivity index (χ3n) is 5.82. The van der Waals surface area contributed by atoms with Crippen LogP contribution in [-0.4, -0.2) is 15.3 Å². The number of fused-ring (bicyclic) bond motifs is 5. The Morgan fingerprint density at radius 3 is 2.83 bits per heavy atom. The van der Waals surface area contributed by atoms with Gasteiger partial charge in [0.25, 0.3) is 5.56 Å². The SMILES string of the molecule is O=c1c2c(nc3n1CCS3)-c1ccccc1CC21CCCCC1. The van der Waals surface area contributed by atoms with Crippen LogP contribution in [0.2, 0.25) is 0 Å². The molecule has 0 bridgehead atoms. The molecule has 2 aliphatic carbocycles. The first-order valence-corrected chi connectivity index (χ1v) is 9.63. The lowest BCUT2D eigenvalue weighted by molar-refractivity contribution is 0.282. The van der Waals surface area contributed by atoms with E-state index in [9.17, 15) is 4.79 Å². The quantitative estimate of drug-likeness (QED) is 0.692. The fraction of sp³-hybridized carbons (Fsp3) is 0.474. The highest BCUT2D eigenvalue weighted by atomic mass is 32.2. The Labute approximate surface area is 140 Å². The minimum Gasteiger partial charge on any atom is -0.287 e. The van der Waals surface area contributed by atoms with Crippen molar-refractivity contribution in [2.75, 3.05) is 5.75 Å². The second-order valence-corrected chi connectivity index (χ2v) is 8.16. The molecule has 1 aromatic heterocycles. The number of hydrogen-bond donors (Lipinski definition) is 0. The molecule has 1 fully saturated rings. The molecule has 23 heavy (non-hydrogen) atoms. The van der Waals surface area contributed by atoms with Crippen LogP contribution in [0.25, 0.3) is 11.3 Å². The highest BCUT2D eigenvalue weighted by Crippen LogP contribution is 2.49. The standard InChI is InChI=1S/C19H20N2OS/c22-17-15-16(20-18-21(17)10-11-23-18)14-7-3-2-6-13(14)12-19(15)8-4-1-5-9-19/h2-3,6-7H,1,4-5,8-12H2. The van der Waals surface area contributed by atoms with E-state index < -0.39 is 0 Å². The van der Waals surface area contributed by atoms with Crippen LogP contribution in [0.15, 0.2) is 34.2 Å². The zero-order chi connectivity index (χ0) is 15.4. The third kappa shape index (κ3) is 1.90. The summed E-state index contributed by atoms with van der Waals surface area (Å²) in [6.07, 6.45) is 7.05. The predicted octanol–water partition coefficient (Wildman–Crippen LogP) is 3.77. The van der Waals surface area contributed by atoms with Crippen molar-refractivity contribution in [2.45, 2.75) is 55.6 Å². The first-order chi connectivity index (χ1) is 11.3. The molecule has 0 atom stereocenters. The summed E-state index contributed by atoms with van der Waals surface area (Å²) in [6.45, 7) is 0.816. The molecule has 0 unspecified atom stereocenters. The van der Waals surface area contributed by atoms with Gasteiger partial charge >= 0.3 is 0 Å². The van der Waals surface area contributed by atoms with Crippen LogP contribution in [0, 0.1) is 0 Å². The number of rotatable bonds is 0. The summed E-state index contributed by atoms with van der Waals surface area (Å²) in [5, 5.41) is 0.913. The van der Waals surface area contributed by atoms with Crippen molar-refractivity contribution in [1.29, 1.82) is 0 Å². The third-order valence-corrected chi connectivity index (χ3v) is 6.78. The van der Waals surface area contributed by atoms with Gasteiger partial charge in [-0.25, -0.2) is 4.98 Å². The van der Waals surface area contributed by atoms with E-state index in [1.165, 1.54) is 30.4 Å². The van der Waals surface area contributed by atoms with Crippen LogP contribution in [0.3, 0.4) is 0 Å². The van der Waals surface area contributed by atoms with Gasteiger partial charge in [0.1, 0.15) is 0 Å². The Hall–Kier alpha value is -1.55. The Bertz CT molecular complexity index is 849. The fourth-order valence-electron chi connectivity index (χ4n) is 4.76. The van der Waals surface area contributed by atoms with Crippen LogP contribution < -0.4 is 5.56 Å². The number of thioether (sulfide) groups is 1. The fourth-order valence-corrected chi connectivity index (χ4v) is 5.70. The molecule has 4 heteroatoms. The number of nitrogens with zero attached hydrogens (tertiary/aromatic N) is 2. The molecule has 0 radical (unpaired) electrons. The van der Waals surface area contributed by atoms with Gasteiger partial charge in [-0.15, -0.1) is 0 Å². The van der Waals surface area contributed by atoms with Crippen molar-refractivity contribution >= 4 is 11.8 Å². The van der Waals surface area contributed by atoms with Crippen LogP contribution >= 0.6 is 11.8 Å². The topological polar surface area (TPSA) is 34.9 Å². The summed E-state index contributed by atoms with van der Waals surface area (Å²) in [5.74, 6) is 0.972. The molecular weight excluding hydrogens is 304 g/mol. The summed E-state index contributed by atoms with van der Waals surface area (Å²) < 4.78 is 1.92. The van der Waals surface area contributed by atoms with Crippen molar-refractivity contribution in [1.82, 2.24) is 9.55 Å². The number of aromatic nitrogens is 2. The molecule has 2 aromatic rings. The molecule has 0 amide bonds. The number of hydrogen-bond acceptors (Lipinski definition) is 3. The smallest absolute Gasteiger partial charge is 0.258 e. The molecule has 0 saturated heterocycles. The van der Waals surface area contributed by atoms with Gasteiger partial charge in [0.2, 0.25) is 0 Å². The molecule has 1 spiro atoms. The van der Waals surface area contributed by atoms with Gasteiger partial charge in [-0.1, -0.05) is 55.3 Å². The van der Waals surface area contributed by atoms with E-state index in [-0.39, 0.29) is 11.0 Å². The Balaban J connectivity index is 1.85. The van der Waals surface area contributed by atoms with Crippen molar-refractivity contribution in [2.24, 2.45) is 0 Å². The lowest BCUT2D eigenvalue weighted by Crippen LogP contribution is -2.42. The molecule has 3 aliphatic rings. The maximum Gasteiger partial charge on any atom is 0.258 e. The maximum absolute atomic E-state index is 13.3. The van der Waals surface area contributed by atoms with Gasteiger partial charge in [-0.05, 0) is 24.8 Å². The summed E-state index contributed by atoms with van der Waals surface area (Å²) in [4.78, 5) is 18.3. The van der Waals surface area contributed by atoms with E-state index in [2.05, 4.69) is 24.3 Å². The monoisotopic (exact) mass is 324 g/mol. The van der Waals surface area contributed by atoms with Gasteiger partial charge < -0.3 is 0 Å². The summed E-state index contributed by atoms with van der Waals surface area (Å²) in [7, 11) is 0. The van der Waals surface area contributed by atoms with Crippen molar-refractivity contribution in [3.05, 3.63) is 45.7 Å². The average Bonchev–Trinajstić information content (AvgIpc) is 3.04. The second-order valence-electron chi connectivity index (χ2n) is 7.10. The first-order valence-electron chi connectivity index (χ1n) is 8.65. The normalized spacial score (nSPS) is 20.9. The highest BCUT2D eigenvalue weighted by Gasteiger charge is 2.43. The summed E-state index contributed by atoms with van der Waals surface area (Å²) in [6, 6.07) is 8.57. The van der Waals surface area contributed by atoms with Crippen LogP contribution in [0.5, 0.6) is 0 Å². The van der Waals surface area contributed by atoms with Gasteiger partial charge in [0, 0.05) is 23.3 Å². The summed E-state index contributed by atoms with van der Waals surface area (Å²) >= 11 is 1.72. The Morgan fingerprint density at radius 2 is 1.96 bits per heavy atom. The zero-order valence-corrected chi connectivity index (χ0v) is 14.0. The van der Waals surface area contributed by atoms with Crippen molar-refractivity contribution in [3.63, 3.8) is 0 Å². The van der Waals surface area contributed by atoms with E-state index in [1.807, 2.05) is 4.57 Å². The van der Waals surface area contributed by atoms with Crippen LogP contribution in [0.1, 0.15) is 43.2 Å². The zero-order valence-electron chi connectivity index (χ0n) is 13.2. The van der Waals surface area contributed by atoms with Gasteiger partial charge in [-0.3, -0.25) is 9.36 Å². The van der Waals surface area contributed by atoms with Gasteiger partial charge in [0.05, 0.1) is 11.3 Å². The molecule has 3 nitrogen and oxygen atoms in total. The van der Waals surface area contributed by atoms with E-state index in [0.29, 0.717) is 0 Å². The van der Waals surface area contributed by atoms with E-state index in [1.54, 1.807) is 11.8 Å². The Kier molecular flexibility index (Phi) is 2.99. The minimum atomic E-state index is 0.0291. The predicted molar refractivity (Wildman–Crippen MR) is 93.1 cm³/mol. The van der Waals surface area contributed by atoms with E-state index in [0.717, 1.165) is 48.0 Å². The number of benzene rings is 1. The molecule has 1 saturated carbocycles. The van der Waals surface area contributed by atoms with E-state index in [4.69, 9.17) is 4.98 Å². The average molecular weight is 324 g/mol. The second kappa shape index (κ2) is 4.97. The van der Waals surface area contributed by atoms with Gasteiger partial charge in [-0.2, -0.15) is 0 Å². The molecule has 118 valence electrons. The molecule has 0 N–H and O–H groups in total. The first kappa shape index (κ1) is 13.8. The van der Waals surface area contributed by atoms with Crippen LogP contribution in [0.4, 0.5) is 0 Å². The molecule has 1 aliphatic heterocycles. The minimum absolute atomic E-state index is 0.0291. The summed E-state index contributed by atoms with van der Waals surface area (Å²) in [5.41, 5.74) is 4.85. The lowest BCUT2D eigenvalue weighted by atomic mass is 9.62. The molecule has 5 rings (SSSR count). The largest absolute Gasteiger partial charge is 0.287 e. The maximum atomic E-state index is 13.3. The molecule has 2 heterocycles.